The second-order valence-corrected chi connectivity index (χ2v) is 7.39. The summed E-state index contributed by atoms with van der Waals surface area (Å²) in [5.41, 5.74) is 2.48. The average molecular weight is 375 g/mol. The van der Waals surface area contributed by atoms with E-state index in [1.807, 2.05) is 18.7 Å². The molecule has 3 rings (SSSR count). The summed E-state index contributed by atoms with van der Waals surface area (Å²) in [5, 5.41) is 4.70. The average Bonchev–Trinajstić information content (AvgIpc) is 3.24. The quantitative estimate of drug-likeness (QED) is 0.873. The SMILES string of the molecule is Cc1nscc1C(=O)NCC1CC(C)N(C(=O)c2ccc(CF)cc2)C1. The summed E-state index contributed by atoms with van der Waals surface area (Å²) in [7, 11) is 0. The normalized spacial score (nSPS) is 19.6. The van der Waals surface area contributed by atoms with Crippen LogP contribution >= 0.6 is 11.5 Å². The molecule has 1 N–H and O–H groups in total. The van der Waals surface area contributed by atoms with Crippen LogP contribution in [0.5, 0.6) is 0 Å². The molecule has 2 heterocycles. The molecule has 0 spiro atoms. The van der Waals surface area contributed by atoms with Crippen LogP contribution in [0.1, 0.15) is 45.3 Å². The van der Waals surface area contributed by atoms with Crippen LogP contribution in [0.15, 0.2) is 29.6 Å². The Morgan fingerprint density at radius 2 is 2.08 bits per heavy atom. The van der Waals surface area contributed by atoms with E-state index in [9.17, 15) is 14.0 Å². The molecular weight excluding hydrogens is 353 g/mol. The Hall–Kier alpha value is -2.28. The Balaban J connectivity index is 1.57. The molecule has 2 amide bonds. The number of alkyl halides is 1. The first kappa shape index (κ1) is 18.5. The molecule has 2 atom stereocenters. The number of nitrogens with one attached hydrogen (secondary N) is 1. The third-order valence-electron chi connectivity index (χ3n) is 4.82. The molecule has 1 aromatic carbocycles. The zero-order chi connectivity index (χ0) is 18.7. The molecule has 0 saturated carbocycles. The maximum atomic E-state index is 12.7. The largest absolute Gasteiger partial charge is 0.352 e. The summed E-state index contributed by atoms with van der Waals surface area (Å²) in [5.74, 6) is 0.0556. The van der Waals surface area contributed by atoms with Crippen LogP contribution in [0.4, 0.5) is 4.39 Å². The lowest BCUT2D eigenvalue weighted by atomic mass is 10.1. The number of benzene rings is 1. The molecule has 1 fully saturated rings. The van der Waals surface area contributed by atoms with Crippen LogP contribution in [0.2, 0.25) is 0 Å². The van der Waals surface area contributed by atoms with Gasteiger partial charge in [-0.25, -0.2) is 4.39 Å². The van der Waals surface area contributed by atoms with E-state index in [4.69, 9.17) is 0 Å². The summed E-state index contributed by atoms with van der Waals surface area (Å²) >= 11 is 1.27. The first-order valence-electron chi connectivity index (χ1n) is 8.64. The van der Waals surface area contributed by atoms with E-state index < -0.39 is 6.67 Å². The van der Waals surface area contributed by atoms with Crippen molar-refractivity contribution in [3.05, 3.63) is 52.0 Å². The van der Waals surface area contributed by atoms with Crippen LogP contribution < -0.4 is 5.32 Å². The third kappa shape index (κ3) is 3.93. The Morgan fingerprint density at radius 3 is 2.69 bits per heavy atom. The van der Waals surface area contributed by atoms with Crippen LogP contribution in [0.3, 0.4) is 0 Å². The van der Waals surface area contributed by atoms with Crippen molar-refractivity contribution < 1.29 is 14.0 Å². The maximum Gasteiger partial charge on any atom is 0.254 e. The minimum atomic E-state index is -0.532. The minimum absolute atomic E-state index is 0.0467. The van der Waals surface area contributed by atoms with Crippen molar-refractivity contribution in [1.82, 2.24) is 14.6 Å². The number of aromatic nitrogens is 1. The number of hydrogen-bond acceptors (Lipinski definition) is 4. The van der Waals surface area contributed by atoms with Gasteiger partial charge in [0.25, 0.3) is 11.8 Å². The Morgan fingerprint density at radius 1 is 1.35 bits per heavy atom. The second kappa shape index (κ2) is 7.95. The zero-order valence-corrected chi connectivity index (χ0v) is 15.7. The number of amides is 2. The third-order valence-corrected chi connectivity index (χ3v) is 5.54. The summed E-state index contributed by atoms with van der Waals surface area (Å²) < 4.78 is 16.7. The van der Waals surface area contributed by atoms with Gasteiger partial charge >= 0.3 is 0 Å². The molecule has 0 aliphatic carbocycles. The number of nitrogens with zero attached hydrogens (tertiary/aromatic N) is 2. The van der Waals surface area contributed by atoms with Crippen LogP contribution in [-0.2, 0) is 6.67 Å². The van der Waals surface area contributed by atoms with Crippen LogP contribution in [0, 0.1) is 12.8 Å². The molecule has 26 heavy (non-hydrogen) atoms. The highest BCUT2D eigenvalue weighted by molar-refractivity contribution is 7.03. The van der Waals surface area contributed by atoms with Gasteiger partial charge in [0.15, 0.2) is 0 Å². The van der Waals surface area contributed by atoms with Gasteiger partial charge in [0.2, 0.25) is 0 Å². The molecule has 0 bridgehead atoms. The van der Waals surface area contributed by atoms with Crippen molar-refractivity contribution in [3.63, 3.8) is 0 Å². The van der Waals surface area contributed by atoms with Gasteiger partial charge < -0.3 is 10.2 Å². The number of likely N-dealkylation sites (tertiary alicyclic amines) is 1. The predicted molar refractivity (Wildman–Crippen MR) is 99.0 cm³/mol. The fourth-order valence-electron chi connectivity index (χ4n) is 3.32. The van der Waals surface area contributed by atoms with Gasteiger partial charge in [-0.2, -0.15) is 4.37 Å². The highest BCUT2D eigenvalue weighted by Crippen LogP contribution is 2.25. The van der Waals surface area contributed by atoms with E-state index in [1.165, 1.54) is 11.5 Å². The van der Waals surface area contributed by atoms with E-state index in [0.717, 1.165) is 12.1 Å². The number of aryl methyl sites for hydroxylation is 1. The number of halogens is 1. The minimum Gasteiger partial charge on any atom is -0.352 e. The molecule has 1 saturated heterocycles. The molecule has 1 aliphatic heterocycles. The lowest BCUT2D eigenvalue weighted by molar-refractivity contribution is 0.0743. The molecule has 2 unspecified atom stereocenters. The fourth-order valence-corrected chi connectivity index (χ4v) is 4.01. The lowest BCUT2D eigenvalue weighted by Gasteiger charge is -2.21. The van der Waals surface area contributed by atoms with Gasteiger partial charge in [-0.3, -0.25) is 9.59 Å². The molecule has 5 nitrogen and oxygen atoms in total. The second-order valence-electron chi connectivity index (χ2n) is 6.76. The number of carbonyl (C=O) groups is 2. The molecule has 0 radical (unpaired) electrons. The van der Waals surface area contributed by atoms with Crippen molar-refractivity contribution >= 4 is 23.3 Å². The van der Waals surface area contributed by atoms with Crippen molar-refractivity contribution in [2.24, 2.45) is 5.92 Å². The molecule has 2 aromatic rings. The van der Waals surface area contributed by atoms with E-state index >= 15 is 0 Å². The molecular formula is C19H22FN3O2S. The van der Waals surface area contributed by atoms with Crippen molar-refractivity contribution in [1.29, 1.82) is 0 Å². The number of rotatable bonds is 5. The van der Waals surface area contributed by atoms with Gasteiger partial charge in [0.1, 0.15) is 6.67 Å². The topological polar surface area (TPSA) is 62.3 Å². The Labute approximate surface area is 156 Å². The zero-order valence-electron chi connectivity index (χ0n) is 14.9. The van der Waals surface area contributed by atoms with E-state index in [0.29, 0.717) is 29.8 Å². The maximum absolute atomic E-state index is 12.7. The predicted octanol–water partition coefficient (Wildman–Crippen LogP) is 3.20. The highest BCUT2D eigenvalue weighted by Gasteiger charge is 2.33. The standard InChI is InChI=1S/C19H22FN3O2S/c1-12-7-15(9-21-18(24)17-11-26-22-13(17)2)10-23(12)19(25)16-5-3-14(8-20)4-6-16/h3-6,11-12,15H,7-10H2,1-2H3,(H,21,24). The summed E-state index contributed by atoms with van der Waals surface area (Å²) in [4.78, 5) is 26.7. The summed E-state index contributed by atoms with van der Waals surface area (Å²) in [6.45, 7) is 4.44. The Kier molecular flexibility index (Phi) is 5.66. The number of carbonyl (C=O) groups excluding carboxylic acids is 2. The van der Waals surface area contributed by atoms with Crippen molar-refractivity contribution in [2.45, 2.75) is 33.0 Å². The lowest BCUT2D eigenvalue weighted by Crippen LogP contribution is -2.35. The first-order valence-corrected chi connectivity index (χ1v) is 9.48. The van der Waals surface area contributed by atoms with Crippen LogP contribution in [0.25, 0.3) is 0 Å². The number of hydrogen-bond donors (Lipinski definition) is 1. The first-order chi connectivity index (χ1) is 12.5. The van der Waals surface area contributed by atoms with E-state index in [2.05, 4.69) is 9.69 Å². The monoisotopic (exact) mass is 375 g/mol. The van der Waals surface area contributed by atoms with E-state index in [1.54, 1.807) is 29.6 Å². The molecule has 1 aromatic heterocycles. The fraction of sp³-hybridized carbons (Fsp3) is 0.421. The van der Waals surface area contributed by atoms with Crippen molar-refractivity contribution in [2.75, 3.05) is 13.1 Å². The van der Waals surface area contributed by atoms with Crippen molar-refractivity contribution in [3.8, 4) is 0 Å². The van der Waals surface area contributed by atoms with Gasteiger partial charge in [-0.1, -0.05) is 12.1 Å². The van der Waals surface area contributed by atoms with E-state index in [-0.39, 0.29) is 23.8 Å². The van der Waals surface area contributed by atoms with Gasteiger partial charge in [-0.15, -0.1) is 0 Å². The smallest absolute Gasteiger partial charge is 0.254 e. The summed E-state index contributed by atoms with van der Waals surface area (Å²) in [6, 6.07) is 6.73. The molecule has 1 aliphatic rings. The Bertz CT molecular complexity index is 790. The molecule has 138 valence electrons. The van der Waals surface area contributed by atoms with Gasteiger partial charge in [0.05, 0.1) is 11.3 Å². The summed E-state index contributed by atoms with van der Waals surface area (Å²) in [6.07, 6.45) is 0.843. The highest BCUT2D eigenvalue weighted by atomic mass is 32.1. The molecule has 7 heteroatoms. The van der Waals surface area contributed by atoms with Crippen LogP contribution in [-0.4, -0.2) is 40.2 Å². The van der Waals surface area contributed by atoms with Gasteiger partial charge in [0, 0.05) is 30.1 Å². The van der Waals surface area contributed by atoms with Gasteiger partial charge in [-0.05, 0) is 55.4 Å².